The van der Waals surface area contributed by atoms with E-state index in [0.29, 0.717) is 31.8 Å². The highest BCUT2D eigenvalue weighted by Crippen LogP contribution is 2.25. The number of hydrogen-bond acceptors (Lipinski definition) is 4. The molecule has 2 saturated heterocycles. The van der Waals surface area contributed by atoms with Gasteiger partial charge in [0.1, 0.15) is 11.8 Å². The highest BCUT2D eigenvalue weighted by Gasteiger charge is 2.36. The summed E-state index contributed by atoms with van der Waals surface area (Å²) in [6.45, 7) is 5.93. The van der Waals surface area contributed by atoms with Crippen molar-refractivity contribution in [3.05, 3.63) is 54.1 Å². The van der Waals surface area contributed by atoms with E-state index in [9.17, 15) is 9.59 Å². The SMILES string of the molecule is CCOc1cccc(-c2cccc(C(=O)N3CCN4CCNC(=O)[C@H]4C3)c2)c1. The number of nitrogens with zero attached hydrogens (tertiary/aromatic N) is 2. The normalized spacial score (nSPS) is 19.7. The van der Waals surface area contributed by atoms with Gasteiger partial charge in [-0.15, -0.1) is 0 Å². The van der Waals surface area contributed by atoms with Crippen LogP contribution < -0.4 is 10.1 Å². The van der Waals surface area contributed by atoms with Gasteiger partial charge in [-0.25, -0.2) is 0 Å². The minimum absolute atomic E-state index is 0.0187. The first-order valence-corrected chi connectivity index (χ1v) is 9.80. The number of piperazine rings is 2. The van der Waals surface area contributed by atoms with Crippen LogP contribution in [0.25, 0.3) is 11.1 Å². The van der Waals surface area contributed by atoms with Gasteiger partial charge >= 0.3 is 0 Å². The molecule has 0 bridgehead atoms. The van der Waals surface area contributed by atoms with E-state index in [1.54, 1.807) is 4.90 Å². The van der Waals surface area contributed by atoms with Crippen LogP contribution >= 0.6 is 0 Å². The zero-order chi connectivity index (χ0) is 19.5. The lowest BCUT2D eigenvalue weighted by molar-refractivity contribution is -0.131. The van der Waals surface area contributed by atoms with Gasteiger partial charge in [-0.1, -0.05) is 24.3 Å². The second-order valence-electron chi connectivity index (χ2n) is 7.14. The second kappa shape index (κ2) is 8.02. The molecule has 2 aromatic rings. The first-order valence-electron chi connectivity index (χ1n) is 9.80. The minimum atomic E-state index is -0.238. The molecule has 2 amide bonds. The molecule has 2 aliphatic rings. The molecule has 0 saturated carbocycles. The third-order valence-electron chi connectivity index (χ3n) is 5.37. The molecule has 2 aliphatic heterocycles. The lowest BCUT2D eigenvalue weighted by atomic mass is 10.0. The van der Waals surface area contributed by atoms with Gasteiger partial charge < -0.3 is 15.0 Å². The predicted molar refractivity (Wildman–Crippen MR) is 107 cm³/mol. The van der Waals surface area contributed by atoms with E-state index in [2.05, 4.69) is 10.2 Å². The van der Waals surface area contributed by atoms with Crippen LogP contribution in [0.3, 0.4) is 0 Å². The van der Waals surface area contributed by atoms with Crippen LogP contribution in [0.5, 0.6) is 5.75 Å². The van der Waals surface area contributed by atoms with E-state index < -0.39 is 0 Å². The topological polar surface area (TPSA) is 61.9 Å². The molecule has 0 radical (unpaired) electrons. The molecule has 0 unspecified atom stereocenters. The molecule has 6 heteroatoms. The number of carbonyl (C=O) groups excluding carboxylic acids is 2. The molecular weight excluding hydrogens is 354 g/mol. The Bertz CT molecular complexity index is 883. The largest absolute Gasteiger partial charge is 0.494 e. The molecule has 146 valence electrons. The average Bonchev–Trinajstić information content (AvgIpc) is 2.74. The maximum absolute atomic E-state index is 13.1. The molecule has 6 nitrogen and oxygen atoms in total. The molecule has 2 aromatic carbocycles. The fraction of sp³-hybridized carbons (Fsp3) is 0.364. The van der Waals surface area contributed by atoms with Crippen molar-refractivity contribution in [2.75, 3.05) is 39.3 Å². The molecule has 0 aliphatic carbocycles. The molecule has 0 aromatic heterocycles. The summed E-state index contributed by atoms with van der Waals surface area (Å²) in [7, 11) is 0. The van der Waals surface area contributed by atoms with E-state index in [1.807, 2.05) is 55.5 Å². The summed E-state index contributed by atoms with van der Waals surface area (Å²) in [6, 6.07) is 15.3. The van der Waals surface area contributed by atoms with Gasteiger partial charge in [-0.2, -0.15) is 0 Å². The Kier molecular flexibility index (Phi) is 5.30. The number of rotatable bonds is 4. The van der Waals surface area contributed by atoms with E-state index in [1.165, 1.54) is 0 Å². The third-order valence-corrected chi connectivity index (χ3v) is 5.37. The summed E-state index contributed by atoms with van der Waals surface area (Å²) in [5, 5.41) is 2.90. The molecule has 1 N–H and O–H groups in total. The zero-order valence-electron chi connectivity index (χ0n) is 16.1. The van der Waals surface area contributed by atoms with Crippen LogP contribution in [0.1, 0.15) is 17.3 Å². The van der Waals surface area contributed by atoms with Crippen LogP contribution in [0.2, 0.25) is 0 Å². The number of hydrogen-bond donors (Lipinski definition) is 1. The van der Waals surface area contributed by atoms with Crippen molar-refractivity contribution in [3.8, 4) is 16.9 Å². The molecule has 2 heterocycles. The summed E-state index contributed by atoms with van der Waals surface area (Å²) in [5.74, 6) is 0.808. The van der Waals surface area contributed by atoms with Crippen molar-refractivity contribution < 1.29 is 14.3 Å². The van der Waals surface area contributed by atoms with Crippen LogP contribution in [-0.2, 0) is 4.79 Å². The minimum Gasteiger partial charge on any atom is -0.494 e. The smallest absolute Gasteiger partial charge is 0.253 e. The van der Waals surface area contributed by atoms with E-state index in [4.69, 9.17) is 4.74 Å². The maximum atomic E-state index is 13.1. The van der Waals surface area contributed by atoms with E-state index >= 15 is 0 Å². The van der Waals surface area contributed by atoms with Crippen molar-refractivity contribution in [2.24, 2.45) is 0 Å². The Balaban J connectivity index is 1.53. The second-order valence-corrected chi connectivity index (χ2v) is 7.14. The van der Waals surface area contributed by atoms with Gasteiger partial charge in [-0.3, -0.25) is 14.5 Å². The Morgan fingerprint density at radius 1 is 1.11 bits per heavy atom. The Morgan fingerprint density at radius 2 is 1.89 bits per heavy atom. The van der Waals surface area contributed by atoms with Crippen LogP contribution in [0.4, 0.5) is 0 Å². The first-order chi connectivity index (χ1) is 13.7. The van der Waals surface area contributed by atoms with Crippen molar-refractivity contribution in [2.45, 2.75) is 13.0 Å². The summed E-state index contributed by atoms with van der Waals surface area (Å²) < 4.78 is 5.58. The number of fused-ring (bicyclic) bond motifs is 1. The van der Waals surface area contributed by atoms with Gasteiger partial charge in [0.05, 0.1) is 6.61 Å². The van der Waals surface area contributed by atoms with Crippen molar-refractivity contribution >= 4 is 11.8 Å². The van der Waals surface area contributed by atoms with Gasteiger partial charge in [0.15, 0.2) is 0 Å². The fourth-order valence-corrected chi connectivity index (χ4v) is 3.91. The van der Waals surface area contributed by atoms with Crippen LogP contribution in [0.15, 0.2) is 48.5 Å². The van der Waals surface area contributed by atoms with Crippen molar-refractivity contribution in [1.29, 1.82) is 0 Å². The lowest BCUT2D eigenvalue weighted by Gasteiger charge is -2.43. The third kappa shape index (κ3) is 3.73. The standard InChI is InChI=1S/C22H25N3O3/c1-2-28-19-8-4-6-17(14-19)16-5-3-7-18(13-16)22(27)25-12-11-24-10-9-23-21(26)20(24)15-25/h3-8,13-14,20H,2,9-12,15H2,1H3,(H,23,26)/t20-/m1/s1. The summed E-state index contributed by atoms with van der Waals surface area (Å²) in [6.07, 6.45) is 0. The lowest BCUT2D eigenvalue weighted by Crippen LogP contribution is -2.64. The Hall–Kier alpha value is -2.86. The fourth-order valence-electron chi connectivity index (χ4n) is 3.91. The summed E-state index contributed by atoms with van der Waals surface area (Å²) in [5.41, 5.74) is 2.63. The van der Waals surface area contributed by atoms with Crippen LogP contribution in [-0.4, -0.2) is 67.0 Å². The van der Waals surface area contributed by atoms with Gasteiger partial charge in [0.25, 0.3) is 5.91 Å². The zero-order valence-corrected chi connectivity index (χ0v) is 16.1. The predicted octanol–water partition coefficient (Wildman–Crippen LogP) is 2.01. The molecule has 28 heavy (non-hydrogen) atoms. The molecule has 2 fully saturated rings. The van der Waals surface area contributed by atoms with Crippen molar-refractivity contribution in [1.82, 2.24) is 15.1 Å². The van der Waals surface area contributed by atoms with Gasteiger partial charge in [0.2, 0.25) is 5.91 Å². The molecular formula is C22H25N3O3. The highest BCUT2D eigenvalue weighted by atomic mass is 16.5. The average molecular weight is 379 g/mol. The van der Waals surface area contributed by atoms with E-state index in [0.717, 1.165) is 30.0 Å². The Labute approximate surface area is 165 Å². The molecule has 0 spiro atoms. The van der Waals surface area contributed by atoms with Gasteiger partial charge in [-0.05, 0) is 42.3 Å². The van der Waals surface area contributed by atoms with Crippen LogP contribution in [0, 0.1) is 0 Å². The summed E-state index contributed by atoms with van der Waals surface area (Å²) >= 11 is 0. The highest BCUT2D eigenvalue weighted by molar-refractivity contribution is 5.96. The number of nitrogens with one attached hydrogen (secondary N) is 1. The quantitative estimate of drug-likeness (QED) is 0.883. The number of carbonyl (C=O) groups is 2. The number of benzene rings is 2. The van der Waals surface area contributed by atoms with E-state index in [-0.39, 0.29) is 17.9 Å². The Morgan fingerprint density at radius 3 is 2.71 bits per heavy atom. The number of amides is 2. The van der Waals surface area contributed by atoms with Gasteiger partial charge in [0, 0.05) is 38.3 Å². The monoisotopic (exact) mass is 379 g/mol. The molecule has 4 rings (SSSR count). The maximum Gasteiger partial charge on any atom is 0.253 e. The molecule has 1 atom stereocenters. The summed E-state index contributed by atoms with van der Waals surface area (Å²) in [4.78, 5) is 29.2. The number of ether oxygens (including phenoxy) is 1. The van der Waals surface area contributed by atoms with Crippen molar-refractivity contribution in [3.63, 3.8) is 0 Å². The first kappa shape index (κ1) is 18.5.